The van der Waals surface area contributed by atoms with E-state index in [9.17, 15) is 75.0 Å². The molecule has 0 rings (SSSR count). The SMILES string of the molecule is CCCCC(/C=C(/F)C(F)(F)C(F)(F)C(F)(F)C(F)(F)C(F)(F)C(F)(F)C(F)(F)F)C(=O)OC. The minimum absolute atomic E-state index is 0.126. The van der Waals surface area contributed by atoms with Gasteiger partial charge in [0.05, 0.1) is 13.0 Å². The van der Waals surface area contributed by atoms with Crippen LogP contribution in [0.3, 0.4) is 0 Å². The van der Waals surface area contributed by atoms with Gasteiger partial charge in [-0.1, -0.05) is 19.8 Å². The summed E-state index contributed by atoms with van der Waals surface area (Å²) in [5.74, 6) is -56.3. The Morgan fingerprint density at radius 3 is 1.47 bits per heavy atom. The molecule has 0 aliphatic carbocycles. The van der Waals surface area contributed by atoms with Crippen molar-refractivity contribution in [2.45, 2.75) is 67.9 Å². The number of allylic oxidation sites excluding steroid dienone is 1. The van der Waals surface area contributed by atoms with Crippen LogP contribution in [0.5, 0.6) is 0 Å². The fourth-order valence-electron chi connectivity index (χ4n) is 2.24. The highest BCUT2D eigenvalue weighted by Gasteiger charge is 2.93. The van der Waals surface area contributed by atoms with Crippen molar-refractivity contribution in [3.05, 3.63) is 11.9 Å². The molecule has 0 amide bonds. The van der Waals surface area contributed by atoms with Crippen molar-refractivity contribution >= 4 is 5.97 Å². The maximum atomic E-state index is 13.8. The predicted octanol–water partition coefficient (Wildman–Crippen LogP) is 7.19. The smallest absolute Gasteiger partial charge is 0.460 e. The Morgan fingerprint density at radius 2 is 1.12 bits per heavy atom. The van der Waals surface area contributed by atoms with Crippen LogP contribution in [-0.4, -0.2) is 54.8 Å². The van der Waals surface area contributed by atoms with E-state index in [0.29, 0.717) is 7.11 Å². The fraction of sp³-hybridized carbons (Fsp3) is 0.812. The molecule has 0 saturated heterocycles. The van der Waals surface area contributed by atoms with Gasteiger partial charge in [-0.05, 0) is 12.5 Å². The van der Waals surface area contributed by atoms with Gasteiger partial charge in [-0.25, -0.2) is 4.39 Å². The molecule has 0 aromatic heterocycles. The molecule has 0 aliphatic heterocycles. The topological polar surface area (TPSA) is 26.3 Å². The van der Waals surface area contributed by atoms with Gasteiger partial charge in [0.25, 0.3) is 0 Å². The van der Waals surface area contributed by atoms with Gasteiger partial charge >= 0.3 is 47.7 Å². The molecular formula is C16H14F16O2. The molecule has 0 spiro atoms. The van der Waals surface area contributed by atoms with Crippen molar-refractivity contribution < 1.29 is 79.8 Å². The minimum Gasteiger partial charge on any atom is -0.469 e. The molecular weight excluding hydrogens is 528 g/mol. The number of carbonyl (C=O) groups is 1. The largest absolute Gasteiger partial charge is 0.469 e. The molecule has 0 aromatic carbocycles. The molecule has 0 fully saturated rings. The van der Waals surface area contributed by atoms with Crippen LogP contribution >= 0.6 is 0 Å². The Labute approximate surface area is 179 Å². The molecule has 18 heteroatoms. The number of carbonyl (C=O) groups excluding carboxylic acids is 1. The second-order valence-corrected chi connectivity index (χ2v) is 6.73. The number of unbranched alkanes of at least 4 members (excludes halogenated alkanes) is 1. The van der Waals surface area contributed by atoms with Crippen molar-refractivity contribution in [1.82, 2.24) is 0 Å². The summed E-state index contributed by atoms with van der Waals surface area (Å²) in [6, 6.07) is 0. The fourth-order valence-corrected chi connectivity index (χ4v) is 2.24. The maximum absolute atomic E-state index is 13.8. The highest BCUT2D eigenvalue weighted by molar-refractivity contribution is 5.74. The first kappa shape index (κ1) is 32.1. The lowest BCUT2D eigenvalue weighted by molar-refractivity contribution is -0.450. The third kappa shape index (κ3) is 4.90. The Hall–Kier alpha value is -1.91. The standard InChI is InChI=1S/C16H14F16O2/c1-3-4-5-7(9(33)34-2)6-8(17)10(18,19)11(20,21)12(22,23)13(24,25)14(26,27)15(28,29)16(30,31)32/h6-7H,3-5H2,1-2H3/b8-6+. The minimum atomic E-state index is -8.52. The lowest BCUT2D eigenvalue weighted by Gasteiger charge is -2.41. The number of rotatable bonds is 11. The second kappa shape index (κ2) is 9.62. The van der Waals surface area contributed by atoms with E-state index in [0.717, 1.165) is 0 Å². The molecule has 0 aliphatic rings. The molecule has 0 bridgehead atoms. The summed E-state index contributed by atoms with van der Waals surface area (Å²) in [6.07, 6.45) is -9.14. The van der Waals surface area contributed by atoms with Crippen LogP contribution in [0, 0.1) is 5.92 Å². The molecule has 1 atom stereocenters. The number of hydrogen-bond acceptors (Lipinski definition) is 2. The second-order valence-electron chi connectivity index (χ2n) is 6.73. The van der Waals surface area contributed by atoms with Gasteiger partial charge in [0.2, 0.25) is 0 Å². The van der Waals surface area contributed by atoms with Gasteiger partial charge < -0.3 is 4.74 Å². The summed E-state index contributed by atoms with van der Waals surface area (Å²) in [6.45, 7) is 1.41. The molecule has 2 nitrogen and oxygen atoms in total. The van der Waals surface area contributed by atoms with E-state index in [-0.39, 0.29) is 12.8 Å². The third-order valence-corrected chi connectivity index (χ3v) is 4.35. The highest BCUT2D eigenvalue weighted by Crippen LogP contribution is 2.63. The van der Waals surface area contributed by atoms with Gasteiger partial charge in [-0.3, -0.25) is 4.79 Å². The zero-order chi connectivity index (χ0) is 27.8. The third-order valence-electron chi connectivity index (χ3n) is 4.35. The van der Waals surface area contributed by atoms with Crippen LogP contribution < -0.4 is 0 Å². The van der Waals surface area contributed by atoms with Crippen LogP contribution in [0.4, 0.5) is 70.2 Å². The molecule has 0 aromatic rings. The van der Waals surface area contributed by atoms with Gasteiger partial charge in [-0.15, -0.1) is 0 Å². The van der Waals surface area contributed by atoms with Crippen molar-refractivity contribution in [3.8, 4) is 0 Å². The zero-order valence-electron chi connectivity index (χ0n) is 16.6. The average molecular weight is 542 g/mol. The number of hydrogen-bond donors (Lipinski definition) is 0. The summed E-state index contributed by atoms with van der Waals surface area (Å²) in [5, 5.41) is 0. The summed E-state index contributed by atoms with van der Waals surface area (Å²) in [5.41, 5.74) is 0. The summed E-state index contributed by atoms with van der Waals surface area (Å²) in [4.78, 5) is 11.4. The lowest BCUT2D eigenvalue weighted by atomic mass is 9.90. The first-order valence-electron chi connectivity index (χ1n) is 8.62. The first-order chi connectivity index (χ1) is 14.8. The van der Waals surface area contributed by atoms with Crippen molar-refractivity contribution in [3.63, 3.8) is 0 Å². The average Bonchev–Trinajstić information content (AvgIpc) is 2.68. The lowest BCUT2D eigenvalue weighted by Crippen LogP contribution is -2.72. The van der Waals surface area contributed by atoms with E-state index >= 15 is 0 Å². The first-order valence-corrected chi connectivity index (χ1v) is 8.62. The summed E-state index contributed by atoms with van der Waals surface area (Å²) < 4.78 is 214. The number of alkyl halides is 15. The molecule has 0 saturated carbocycles. The predicted molar refractivity (Wildman–Crippen MR) is 80.0 cm³/mol. The highest BCUT2D eigenvalue weighted by atomic mass is 19.4. The quantitative estimate of drug-likeness (QED) is 0.204. The Balaban J connectivity index is 6.67. The van der Waals surface area contributed by atoms with Crippen LogP contribution in [0.1, 0.15) is 26.2 Å². The molecule has 202 valence electrons. The summed E-state index contributed by atoms with van der Waals surface area (Å²) in [7, 11) is 0.581. The number of ether oxygens (including phenoxy) is 1. The Kier molecular flexibility index (Phi) is 9.08. The summed E-state index contributed by atoms with van der Waals surface area (Å²) >= 11 is 0. The van der Waals surface area contributed by atoms with Crippen LogP contribution in [-0.2, 0) is 9.53 Å². The Morgan fingerprint density at radius 1 is 0.735 bits per heavy atom. The molecule has 0 heterocycles. The number of methoxy groups -OCH3 is 1. The maximum Gasteiger partial charge on any atom is 0.460 e. The van der Waals surface area contributed by atoms with Crippen LogP contribution in [0.25, 0.3) is 0 Å². The number of esters is 1. The van der Waals surface area contributed by atoms with Crippen molar-refractivity contribution in [2.24, 2.45) is 5.92 Å². The van der Waals surface area contributed by atoms with E-state index in [2.05, 4.69) is 4.74 Å². The normalized spacial score (nSPS) is 16.5. The zero-order valence-corrected chi connectivity index (χ0v) is 16.6. The van der Waals surface area contributed by atoms with E-state index in [4.69, 9.17) is 0 Å². The number of halogens is 16. The molecule has 0 radical (unpaired) electrons. The van der Waals surface area contributed by atoms with Crippen molar-refractivity contribution in [1.29, 1.82) is 0 Å². The van der Waals surface area contributed by atoms with Gasteiger partial charge in [-0.2, -0.15) is 65.9 Å². The van der Waals surface area contributed by atoms with E-state index in [1.807, 2.05) is 0 Å². The molecule has 1 unspecified atom stereocenters. The van der Waals surface area contributed by atoms with Gasteiger partial charge in [0.15, 0.2) is 5.83 Å². The van der Waals surface area contributed by atoms with E-state index in [1.54, 1.807) is 0 Å². The molecule has 34 heavy (non-hydrogen) atoms. The van der Waals surface area contributed by atoms with Crippen LogP contribution in [0.15, 0.2) is 11.9 Å². The van der Waals surface area contributed by atoms with E-state index < -0.39 is 71.9 Å². The van der Waals surface area contributed by atoms with Crippen LogP contribution in [0.2, 0.25) is 0 Å². The van der Waals surface area contributed by atoms with Gasteiger partial charge in [0, 0.05) is 0 Å². The van der Waals surface area contributed by atoms with Gasteiger partial charge in [0.1, 0.15) is 0 Å². The van der Waals surface area contributed by atoms with Crippen molar-refractivity contribution in [2.75, 3.05) is 7.11 Å². The van der Waals surface area contributed by atoms with E-state index in [1.165, 1.54) is 6.92 Å². The Bertz CT molecular complexity index is 753. The monoisotopic (exact) mass is 542 g/mol. The molecule has 0 N–H and O–H groups in total.